The van der Waals surface area contributed by atoms with Crippen LogP contribution in [0.1, 0.15) is 5.56 Å². The van der Waals surface area contributed by atoms with Crippen molar-refractivity contribution in [2.75, 3.05) is 5.75 Å². The molecule has 0 aliphatic carbocycles. The lowest BCUT2D eigenvalue weighted by atomic mass is 10.2. The van der Waals surface area contributed by atoms with Gasteiger partial charge in [-0.1, -0.05) is 24.4 Å². The van der Waals surface area contributed by atoms with E-state index >= 15 is 0 Å². The number of rotatable bonds is 5. The summed E-state index contributed by atoms with van der Waals surface area (Å²) in [6.45, 7) is 0.297. The average Bonchev–Trinajstić information content (AvgIpc) is 2.82. The van der Waals surface area contributed by atoms with Crippen molar-refractivity contribution in [1.82, 2.24) is 9.78 Å². The van der Waals surface area contributed by atoms with Gasteiger partial charge < -0.3 is 5.73 Å². The minimum absolute atomic E-state index is 0.0203. The lowest BCUT2D eigenvalue weighted by Gasteiger charge is -2.06. The summed E-state index contributed by atoms with van der Waals surface area (Å²) in [6.07, 6.45) is 3.34. The number of thiocarbonyl (C=S) groups is 1. The van der Waals surface area contributed by atoms with Gasteiger partial charge in [-0.15, -0.1) is 0 Å². The lowest BCUT2D eigenvalue weighted by molar-refractivity contribution is 0.580. The van der Waals surface area contributed by atoms with Crippen molar-refractivity contribution in [2.24, 2.45) is 5.73 Å². The van der Waals surface area contributed by atoms with E-state index in [2.05, 4.69) is 21.0 Å². The number of halogens is 1. The van der Waals surface area contributed by atoms with E-state index in [1.807, 2.05) is 0 Å². The number of aryl methyl sites for hydroxylation is 1. The van der Waals surface area contributed by atoms with Crippen molar-refractivity contribution in [1.29, 1.82) is 0 Å². The van der Waals surface area contributed by atoms with Crippen LogP contribution in [0.15, 0.2) is 46.0 Å². The lowest BCUT2D eigenvalue weighted by Crippen LogP contribution is -2.14. The Morgan fingerprint density at radius 1 is 1.35 bits per heavy atom. The van der Waals surface area contributed by atoms with Crippen molar-refractivity contribution in [3.63, 3.8) is 0 Å². The van der Waals surface area contributed by atoms with Crippen LogP contribution in [-0.2, 0) is 16.4 Å². The highest BCUT2D eigenvalue weighted by molar-refractivity contribution is 9.10. The zero-order valence-corrected chi connectivity index (χ0v) is 13.6. The molecule has 0 saturated heterocycles. The number of aromatic nitrogens is 2. The Hall–Kier alpha value is -1.25. The third kappa shape index (κ3) is 3.65. The normalized spacial score (nSPS) is 11.4. The van der Waals surface area contributed by atoms with E-state index in [0.717, 1.165) is 4.47 Å². The first kappa shape index (κ1) is 15.1. The van der Waals surface area contributed by atoms with Crippen LogP contribution in [-0.4, -0.2) is 28.9 Å². The van der Waals surface area contributed by atoms with Gasteiger partial charge in [0.2, 0.25) is 0 Å². The summed E-state index contributed by atoms with van der Waals surface area (Å²) >= 11 is 8.09. The number of hydrogen-bond donors (Lipinski definition) is 1. The topological polar surface area (TPSA) is 78.0 Å². The summed E-state index contributed by atoms with van der Waals surface area (Å²) in [4.78, 5) is 0.499. The van der Waals surface area contributed by atoms with Crippen LogP contribution in [0.25, 0.3) is 0 Å². The standard InChI is InChI=1S/C12H12BrN3O2S2/c13-10-7-15-16(8-10)5-6-20(17,18)11-3-1-9(2-4-11)12(14)19/h1-4,7-8H,5-6H2,(H2,14,19). The summed E-state index contributed by atoms with van der Waals surface area (Å²) < 4.78 is 26.7. The molecule has 5 nitrogen and oxygen atoms in total. The number of hydrogen-bond acceptors (Lipinski definition) is 4. The van der Waals surface area contributed by atoms with Gasteiger partial charge in [0.05, 0.1) is 27.9 Å². The molecule has 2 aromatic rings. The molecule has 0 spiro atoms. The molecule has 0 aliphatic heterocycles. The van der Waals surface area contributed by atoms with E-state index in [1.165, 1.54) is 12.1 Å². The number of benzene rings is 1. The van der Waals surface area contributed by atoms with Crippen molar-refractivity contribution in [2.45, 2.75) is 11.4 Å². The fraction of sp³-hybridized carbons (Fsp3) is 0.167. The van der Waals surface area contributed by atoms with Gasteiger partial charge in [-0.2, -0.15) is 5.10 Å². The van der Waals surface area contributed by atoms with Gasteiger partial charge in [0, 0.05) is 11.8 Å². The van der Waals surface area contributed by atoms with Crippen LogP contribution in [0.2, 0.25) is 0 Å². The number of nitrogens with two attached hydrogens (primary N) is 1. The average molecular weight is 374 g/mol. The van der Waals surface area contributed by atoms with E-state index in [0.29, 0.717) is 12.1 Å². The fourth-order valence-electron chi connectivity index (χ4n) is 1.62. The Kier molecular flexibility index (Phi) is 4.56. The molecule has 0 fully saturated rings. The molecule has 20 heavy (non-hydrogen) atoms. The third-order valence-electron chi connectivity index (χ3n) is 2.69. The summed E-state index contributed by atoms with van der Waals surface area (Å²) in [7, 11) is -3.35. The van der Waals surface area contributed by atoms with Gasteiger partial charge in [0.25, 0.3) is 0 Å². The molecule has 0 radical (unpaired) electrons. The van der Waals surface area contributed by atoms with Crippen LogP contribution >= 0.6 is 28.1 Å². The van der Waals surface area contributed by atoms with Gasteiger partial charge in [-0.05, 0) is 28.1 Å². The SMILES string of the molecule is NC(=S)c1ccc(S(=O)(=O)CCn2cc(Br)cn2)cc1. The van der Waals surface area contributed by atoms with Crippen LogP contribution in [0.5, 0.6) is 0 Å². The van der Waals surface area contributed by atoms with E-state index in [1.54, 1.807) is 29.2 Å². The first-order valence-electron chi connectivity index (χ1n) is 5.69. The maximum absolute atomic E-state index is 12.2. The maximum Gasteiger partial charge on any atom is 0.180 e. The Balaban J connectivity index is 2.11. The van der Waals surface area contributed by atoms with Crippen LogP contribution in [0.4, 0.5) is 0 Å². The molecule has 0 aliphatic rings. The fourth-order valence-corrected chi connectivity index (χ4v) is 3.30. The monoisotopic (exact) mass is 373 g/mol. The Morgan fingerprint density at radius 2 is 2.00 bits per heavy atom. The van der Waals surface area contributed by atoms with Gasteiger partial charge in [0.15, 0.2) is 9.84 Å². The largest absolute Gasteiger partial charge is 0.389 e. The highest BCUT2D eigenvalue weighted by Gasteiger charge is 2.14. The molecule has 106 valence electrons. The Morgan fingerprint density at radius 3 is 2.50 bits per heavy atom. The molecular formula is C12H12BrN3O2S2. The summed E-state index contributed by atoms with van der Waals surface area (Å²) in [5, 5.41) is 4.02. The predicted octanol–water partition coefficient (Wildman–Crippen LogP) is 1.75. The molecule has 0 saturated carbocycles. The second-order valence-corrected chi connectivity index (χ2v) is 7.59. The Bertz CT molecular complexity index is 723. The highest BCUT2D eigenvalue weighted by Crippen LogP contribution is 2.13. The molecule has 1 aromatic carbocycles. The van der Waals surface area contributed by atoms with E-state index in [9.17, 15) is 8.42 Å². The molecular weight excluding hydrogens is 362 g/mol. The molecule has 2 rings (SSSR count). The molecule has 0 amide bonds. The summed E-state index contributed by atoms with van der Waals surface area (Å²) in [5.74, 6) is -0.0203. The molecule has 1 heterocycles. The van der Waals surface area contributed by atoms with Crippen molar-refractivity contribution in [3.8, 4) is 0 Å². The quantitative estimate of drug-likeness (QED) is 0.807. The minimum Gasteiger partial charge on any atom is -0.389 e. The molecule has 0 bridgehead atoms. The van der Waals surface area contributed by atoms with E-state index in [-0.39, 0.29) is 15.6 Å². The van der Waals surface area contributed by atoms with Crippen molar-refractivity contribution >= 4 is 43.0 Å². The number of sulfone groups is 1. The van der Waals surface area contributed by atoms with E-state index < -0.39 is 9.84 Å². The molecule has 0 unspecified atom stereocenters. The smallest absolute Gasteiger partial charge is 0.180 e. The second kappa shape index (κ2) is 6.02. The van der Waals surface area contributed by atoms with Gasteiger partial charge in [-0.3, -0.25) is 4.68 Å². The van der Waals surface area contributed by atoms with Crippen LogP contribution in [0.3, 0.4) is 0 Å². The zero-order chi connectivity index (χ0) is 14.8. The van der Waals surface area contributed by atoms with Crippen LogP contribution < -0.4 is 5.73 Å². The zero-order valence-electron chi connectivity index (χ0n) is 10.4. The summed E-state index contributed by atoms with van der Waals surface area (Å²) in [6, 6.07) is 6.26. The Labute approximate surface area is 130 Å². The first-order valence-corrected chi connectivity index (χ1v) is 8.54. The number of nitrogens with zero attached hydrogens (tertiary/aromatic N) is 2. The third-order valence-corrected chi connectivity index (χ3v) is 5.04. The predicted molar refractivity (Wildman–Crippen MR) is 84.3 cm³/mol. The summed E-state index contributed by atoms with van der Waals surface area (Å²) in [5.41, 5.74) is 6.12. The van der Waals surface area contributed by atoms with Crippen LogP contribution in [0, 0.1) is 0 Å². The van der Waals surface area contributed by atoms with E-state index in [4.69, 9.17) is 18.0 Å². The minimum atomic E-state index is -3.35. The molecule has 1 aromatic heterocycles. The highest BCUT2D eigenvalue weighted by atomic mass is 79.9. The second-order valence-electron chi connectivity index (χ2n) is 4.13. The van der Waals surface area contributed by atoms with Crippen molar-refractivity contribution < 1.29 is 8.42 Å². The van der Waals surface area contributed by atoms with Gasteiger partial charge >= 0.3 is 0 Å². The maximum atomic E-state index is 12.2. The molecule has 2 N–H and O–H groups in total. The molecule has 8 heteroatoms. The first-order chi connectivity index (χ1) is 9.38. The van der Waals surface area contributed by atoms with Gasteiger partial charge in [0.1, 0.15) is 4.99 Å². The molecule has 0 atom stereocenters. The van der Waals surface area contributed by atoms with Gasteiger partial charge in [-0.25, -0.2) is 8.42 Å². The van der Waals surface area contributed by atoms with Crippen molar-refractivity contribution in [3.05, 3.63) is 46.7 Å².